The molecule has 1 aliphatic rings. The summed E-state index contributed by atoms with van der Waals surface area (Å²) in [6.45, 7) is 7.09. The highest BCUT2D eigenvalue weighted by molar-refractivity contribution is 7.89. The normalized spacial score (nSPS) is 17.3. The van der Waals surface area contributed by atoms with E-state index >= 15 is 0 Å². The van der Waals surface area contributed by atoms with Gasteiger partial charge >= 0.3 is 6.03 Å². The number of amides is 2. The average Bonchev–Trinajstić information content (AvgIpc) is 2.60. The van der Waals surface area contributed by atoms with E-state index in [0.29, 0.717) is 26.1 Å². The molecule has 2 heterocycles. The van der Waals surface area contributed by atoms with E-state index in [1.807, 2.05) is 13.8 Å². The Morgan fingerprint density at radius 1 is 1.30 bits per heavy atom. The zero-order valence-electron chi connectivity index (χ0n) is 16.2. The molecule has 0 saturated carbocycles. The summed E-state index contributed by atoms with van der Waals surface area (Å²) in [5.74, 6) is 0.276. The van der Waals surface area contributed by atoms with Crippen LogP contribution in [0, 0.1) is 5.41 Å². The van der Waals surface area contributed by atoms with Crippen LogP contribution in [0.15, 0.2) is 23.2 Å². The zero-order chi connectivity index (χ0) is 20.1. The summed E-state index contributed by atoms with van der Waals surface area (Å²) in [5, 5.41) is 14.8. The van der Waals surface area contributed by atoms with Gasteiger partial charge in [0.25, 0.3) is 0 Å². The fourth-order valence-electron chi connectivity index (χ4n) is 3.21. The molecule has 1 aromatic rings. The van der Waals surface area contributed by atoms with E-state index in [2.05, 4.69) is 15.6 Å². The van der Waals surface area contributed by atoms with Crippen molar-refractivity contribution < 1.29 is 18.3 Å². The number of aromatic nitrogens is 1. The van der Waals surface area contributed by atoms with E-state index in [1.165, 1.54) is 22.6 Å². The number of urea groups is 1. The van der Waals surface area contributed by atoms with E-state index in [9.17, 15) is 18.3 Å². The Kier molecular flexibility index (Phi) is 7.19. The Labute approximate surface area is 161 Å². The molecular formula is C18H30N4O4S. The van der Waals surface area contributed by atoms with Crippen LogP contribution >= 0.6 is 0 Å². The van der Waals surface area contributed by atoms with Gasteiger partial charge in [0.15, 0.2) is 0 Å². The number of carbonyl (C=O) groups is 1. The number of hydrogen-bond acceptors (Lipinski definition) is 5. The first-order chi connectivity index (χ1) is 12.6. The van der Waals surface area contributed by atoms with Crippen LogP contribution in [-0.4, -0.2) is 54.6 Å². The molecule has 0 bridgehead atoms. The molecule has 0 aromatic carbocycles. The first-order valence-electron chi connectivity index (χ1n) is 9.29. The molecule has 2 rings (SSSR count). The Bertz CT molecular complexity index is 726. The van der Waals surface area contributed by atoms with Crippen LogP contribution in [0.1, 0.15) is 46.5 Å². The van der Waals surface area contributed by atoms with Crippen molar-refractivity contribution in [3.05, 3.63) is 18.3 Å². The predicted molar refractivity (Wildman–Crippen MR) is 104 cm³/mol. The number of rotatable bonds is 7. The summed E-state index contributed by atoms with van der Waals surface area (Å²) in [5.41, 5.74) is -0.245. The van der Waals surface area contributed by atoms with Crippen molar-refractivity contribution in [2.75, 3.05) is 25.0 Å². The van der Waals surface area contributed by atoms with Gasteiger partial charge in [0.2, 0.25) is 10.0 Å². The second kappa shape index (κ2) is 8.99. The molecule has 3 N–H and O–H groups in total. The number of pyridine rings is 1. The lowest BCUT2D eigenvalue weighted by Gasteiger charge is -2.26. The minimum atomic E-state index is -3.53. The molecule has 0 unspecified atom stereocenters. The number of piperidine rings is 1. The molecule has 1 fully saturated rings. The second-order valence-electron chi connectivity index (χ2n) is 7.87. The zero-order valence-corrected chi connectivity index (χ0v) is 17.1. The molecule has 1 atom stereocenters. The number of nitrogens with zero attached hydrogens (tertiary/aromatic N) is 2. The molecule has 1 aromatic heterocycles. The highest BCUT2D eigenvalue weighted by atomic mass is 32.2. The number of anilines is 1. The third-order valence-corrected chi connectivity index (χ3v) is 6.39. The molecular weight excluding hydrogens is 368 g/mol. The van der Waals surface area contributed by atoms with Crippen molar-refractivity contribution in [1.29, 1.82) is 0 Å². The summed E-state index contributed by atoms with van der Waals surface area (Å²) in [6, 6.07) is 2.52. The maximum atomic E-state index is 12.6. The maximum absolute atomic E-state index is 12.6. The monoisotopic (exact) mass is 398 g/mol. The molecule has 0 aliphatic carbocycles. The van der Waals surface area contributed by atoms with Crippen molar-refractivity contribution in [3.8, 4) is 0 Å². The summed E-state index contributed by atoms with van der Waals surface area (Å²) in [7, 11) is -3.53. The summed E-state index contributed by atoms with van der Waals surface area (Å²) in [4.78, 5) is 16.2. The third-order valence-electron chi connectivity index (χ3n) is 4.51. The number of nitrogens with one attached hydrogen (secondary N) is 2. The van der Waals surface area contributed by atoms with Crippen LogP contribution in [0.3, 0.4) is 0 Å². The average molecular weight is 399 g/mol. The number of aliphatic hydroxyl groups is 1. The van der Waals surface area contributed by atoms with Crippen molar-refractivity contribution in [1.82, 2.24) is 14.6 Å². The van der Waals surface area contributed by atoms with Crippen molar-refractivity contribution in [2.24, 2.45) is 5.41 Å². The summed E-state index contributed by atoms with van der Waals surface area (Å²) in [6.07, 6.45) is 4.19. The molecule has 0 radical (unpaired) electrons. The minimum absolute atomic E-state index is 0.133. The minimum Gasteiger partial charge on any atom is -0.393 e. The van der Waals surface area contributed by atoms with Crippen molar-refractivity contribution in [3.63, 3.8) is 0 Å². The van der Waals surface area contributed by atoms with Crippen molar-refractivity contribution in [2.45, 2.75) is 57.5 Å². The molecule has 1 aliphatic heterocycles. The van der Waals surface area contributed by atoms with E-state index in [0.717, 1.165) is 19.3 Å². The van der Waals surface area contributed by atoms with Gasteiger partial charge in [0.05, 0.1) is 6.10 Å². The standard InChI is InChI=1S/C18H30N4O4S/c1-14(23)11-18(2,3)13-20-17(24)21-16-8-7-15(12-19-16)27(25,26)22-9-5-4-6-10-22/h7-8,12,14,23H,4-6,9-11,13H2,1-3H3,(H2,19,20,21,24)/t14-/m0/s1. The fourth-order valence-corrected chi connectivity index (χ4v) is 4.68. The Balaban J connectivity index is 1.92. The third kappa shape index (κ3) is 6.44. The van der Waals surface area contributed by atoms with E-state index < -0.39 is 22.2 Å². The lowest BCUT2D eigenvalue weighted by atomic mass is 9.87. The van der Waals surface area contributed by atoms with Crippen LogP contribution in [0.25, 0.3) is 0 Å². The van der Waals surface area contributed by atoms with Crippen LogP contribution in [0.5, 0.6) is 0 Å². The van der Waals surface area contributed by atoms with Gasteiger partial charge in [0.1, 0.15) is 10.7 Å². The molecule has 8 nitrogen and oxygen atoms in total. The van der Waals surface area contributed by atoms with Crippen LogP contribution in [0.2, 0.25) is 0 Å². The highest BCUT2D eigenvalue weighted by Crippen LogP contribution is 2.22. The van der Waals surface area contributed by atoms with Gasteiger partial charge in [-0.15, -0.1) is 0 Å². The highest BCUT2D eigenvalue weighted by Gasteiger charge is 2.26. The van der Waals surface area contributed by atoms with Crippen LogP contribution in [0.4, 0.5) is 10.6 Å². The molecule has 2 amide bonds. The van der Waals surface area contributed by atoms with E-state index in [4.69, 9.17) is 0 Å². The van der Waals surface area contributed by atoms with Gasteiger partial charge < -0.3 is 10.4 Å². The van der Waals surface area contributed by atoms with Gasteiger partial charge in [-0.3, -0.25) is 5.32 Å². The Morgan fingerprint density at radius 3 is 2.52 bits per heavy atom. The number of sulfonamides is 1. The van der Waals surface area contributed by atoms with Gasteiger partial charge in [0, 0.05) is 25.8 Å². The number of hydrogen-bond donors (Lipinski definition) is 3. The quantitative estimate of drug-likeness (QED) is 0.652. The molecule has 0 spiro atoms. The summed E-state index contributed by atoms with van der Waals surface area (Å²) < 4.78 is 26.7. The van der Waals surface area contributed by atoms with Crippen LogP contribution < -0.4 is 10.6 Å². The van der Waals surface area contributed by atoms with Gasteiger partial charge in [-0.05, 0) is 43.7 Å². The number of carbonyl (C=O) groups excluding carboxylic acids is 1. The van der Waals surface area contributed by atoms with Gasteiger partial charge in [-0.25, -0.2) is 18.2 Å². The topological polar surface area (TPSA) is 112 Å². The van der Waals surface area contributed by atoms with E-state index in [-0.39, 0.29) is 16.1 Å². The fraction of sp³-hybridized carbons (Fsp3) is 0.667. The lowest BCUT2D eigenvalue weighted by molar-refractivity contribution is 0.129. The summed E-state index contributed by atoms with van der Waals surface area (Å²) >= 11 is 0. The van der Waals surface area contributed by atoms with Crippen molar-refractivity contribution >= 4 is 21.9 Å². The maximum Gasteiger partial charge on any atom is 0.320 e. The van der Waals surface area contributed by atoms with Gasteiger partial charge in [-0.2, -0.15) is 4.31 Å². The molecule has 1 saturated heterocycles. The van der Waals surface area contributed by atoms with Crippen LogP contribution in [-0.2, 0) is 10.0 Å². The van der Waals surface area contributed by atoms with E-state index in [1.54, 1.807) is 6.92 Å². The first-order valence-corrected chi connectivity index (χ1v) is 10.7. The second-order valence-corrected chi connectivity index (χ2v) is 9.81. The number of aliphatic hydroxyl groups excluding tert-OH is 1. The molecule has 9 heteroatoms. The molecule has 152 valence electrons. The molecule has 27 heavy (non-hydrogen) atoms. The SMILES string of the molecule is C[C@H](O)CC(C)(C)CNC(=O)Nc1ccc(S(=O)(=O)N2CCCCC2)cn1. The lowest BCUT2D eigenvalue weighted by Crippen LogP contribution is -2.38. The van der Waals surface area contributed by atoms with Gasteiger partial charge in [-0.1, -0.05) is 20.3 Å². The first kappa shape index (κ1) is 21.6. The predicted octanol–water partition coefficient (Wildman–Crippen LogP) is 2.17. The Hall–Kier alpha value is -1.71. The Morgan fingerprint density at radius 2 is 1.96 bits per heavy atom. The smallest absolute Gasteiger partial charge is 0.320 e. The largest absolute Gasteiger partial charge is 0.393 e.